The molecule has 9 N–H and O–H groups in total. The van der Waals surface area contributed by atoms with Crippen LogP contribution in [-0.2, 0) is 19.2 Å². The number of hydrazone groups is 1. The zero-order valence-electron chi connectivity index (χ0n) is 25.3. The van der Waals surface area contributed by atoms with E-state index in [0.29, 0.717) is 12.4 Å². The van der Waals surface area contributed by atoms with Crippen LogP contribution >= 0.6 is 24.4 Å². The van der Waals surface area contributed by atoms with Gasteiger partial charge < -0.3 is 25.6 Å². The first-order chi connectivity index (χ1) is 21.4. The number of nitrogens with one attached hydrogen (secondary N) is 5. The van der Waals surface area contributed by atoms with Crippen LogP contribution in [0.1, 0.15) is 25.3 Å². The van der Waals surface area contributed by atoms with Crippen molar-refractivity contribution in [3.05, 3.63) is 29.8 Å². The van der Waals surface area contributed by atoms with Gasteiger partial charge in [-0.15, -0.1) is 0 Å². The molecule has 2 amide bonds. The van der Waals surface area contributed by atoms with Gasteiger partial charge in [0.25, 0.3) is 11.8 Å². The monoisotopic (exact) mass is 670 g/mol. The predicted octanol–water partition coefficient (Wildman–Crippen LogP) is -1.74. The Morgan fingerprint density at radius 1 is 0.911 bits per heavy atom. The molecule has 0 heterocycles. The molecule has 0 aromatic heterocycles. The second kappa shape index (κ2) is 22.4. The lowest BCUT2D eigenvalue weighted by Gasteiger charge is -2.25. The summed E-state index contributed by atoms with van der Waals surface area (Å²) in [6.07, 6.45) is 3.53. The van der Waals surface area contributed by atoms with E-state index in [1.165, 1.54) is 16.0 Å². The largest absolute Gasteiger partial charge is 0.494 e. The van der Waals surface area contributed by atoms with Crippen molar-refractivity contribution in [2.24, 2.45) is 10.8 Å². The predicted molar refractivity (Wildman–Crippen MR) is 175 cm³/mol. The smallest absolute Gasteiger partial charge is 0.317 e. The molecule has 0 unspecified atom stereocenters. The molecule has 45 heavy (non-hydrogen) atoms. The Labute approximate surface area is 272 Å². The highest BCUT2D eigenvalue weighted by molar-refractivity contribution is 7.80. The molecule has 0 atom stereocenters. The Bertz CT molecular complexity index is 1170. The fourth-order valence-corrected chi connectivity index (χ4v) is 3.89. The minimum atomic E-state index is -1.21. The Morgan fingerprint density at radius 2 is 1.51 bits per heavy atom. The van der Waals surface area contributed by atoms with E-state index >= 15 is 0 Å². The van der Waals surface area contributed by atoms with Gasteiger partial charge in [-0.25, -0.2) is 0 Å². The maximum absolute atomic E-state index is 12.4. The van der Waals surface area contributed by atoms with Crippen LogP contribution < -0.4 is 37.6 Å². The van der Waals surface area contributed by atoms with E-state index in [0.717, 1.165) is 31.5 Å². The van der Waals surface area contributed by atoms with E-state index in [9.17, 15) is 24.3 Å². The standard InChI is InChI=1S/C26H42N10O7S2/c1-3-8-34(2)9-5-12-43-20-7-4-6-19(13-20)14-28-32-26(45)33-30-22(38)16-36(18-24(41)42)11-10-35(17-23(39)40)15-21(37)29-31-25(27)44/h4,6-7,13-14H,3,5,8-12,15-18H2,1-2H3,(H,29,37)(H,30,38)(H,39,40)(H,41,42)(H3,27,31,44)(H2,32,33,45)/b28-14+. The molecule has 250 valence electrons. The van der Waals surface area contributed by atoms with Gasteiger partial charge in [-0.2, -0.15) is 5.10 Å². The molecule has 0 aliphatic heterocycles. The van der Waals surface area contributed by atoms with Gasteiger partial charge in [0.2, 0.25) is 5.11 Å². The summed E-state index contributed by atoms with van der Waals surface area (Å²) in [5.41, 5.74) is 17.8. The number of carbonyl (C=O) groups excluding carboxylic acids is 2. The fraction of sp³-hybridized carbons (Fsp3) is 0.500. The van der Waals surface area contributed by atoms with Gasteiger partial charge in [-0.05, 0) is 68.6 Å². The summed E-state index contributed by atoms with van der Waals surface area (Å²) >= 11 is 9.69. The van der Waals surface area contributed by atoms with Crippen LogP contribution in [-0.4, -0.2) is 131 Å². The third-order valence-corrected chi connectivity index (χ3v) is 5.92. The highest BCUT2D eigenvalue weighted by Gasteiger charge is 2.19. The number of aliphatic carboxylic acids is 2. The maximum atomic E-state index is 12.4. The number of benzene rings is 1. The molecule has 1 aromatic rings. The normalized spacial score (nSPS) is 11.0. The lowest BCUT2D eigenvalue weighted by atomic mass is 10.2. The zero-order chi connectivity index (χ0) is 33.6. The van der Waals surface area contributed by atoms with Gasteiger partial charge in [0.05, 0.1) is 39.0 Å². The molecule has 0 spiro atoms. The molecule has 0 saturated carbocycles. The first-order valence-corrected chi connectivity index (χ1v) is 14.7. The van der Waals surface area contributed by atoms with Crippen molar-refractivity contribution in [2.75, 3.05) is 66.0 Å². The third kappa shape index (κ3) is 20.4. The van der Waals surface area contributed by atoms with E-state index in [1.807, 2.05) is 24.3 Å². The quantitative estimate of drug-likeness (QED) is 0.0334. The van der Waals surface area contributed by atoms with E-state index in [1.54, 1.807) is 0 Å². The summed E-state index contributed by atoms with van der Waals surface area (Å²) in [5, 5.41) is 22.2. The first-order valence-electron chi connectivity index (χ1n) is 13.9. The van der Waals surface area contributed by atoms with E-state index < -0.39 is 36.8 Å². The number of rotatable bonds is 20. The summed E-state index contributed by atoms with van der Waals surface area (Å²) < 4.78 is 5.81. The van der Waals surface area contributed by atoms with Crippen molar-refractivity contribution in [1.82, 2.24) is 41.8 Å². The van der Waals surface area contributed by atoms with E-state index in [2.05, 4.69) is 63.3 Å². The molecule has 0 aliphatic rings. The molecule has 17 nitrogen and oxygen atoms in total. The number of nitrogens with zero attached hydrogens (tertiary/aromatic N) is 4. The summed E-state index contributed by atoms with van der Waals surface area (Å²) in [7, 11) is 2.08. The van der Waals surface area contributed by atoms with Crippen LogP contribution in [0, 0.1) is 0 Å². The Kier molecular flexibility index (Phi) is 19.3. The minimum absolute atomic E-state index is 0.0304. The zero-order valence-corrected chi connectivity index (χ0v) is 26.9. The van der Waals surface area contributed by atoms with E-state index in [-0.39, 0.29) is 36.4 Å². The number of nitrogens with two attached hydrogens (primary N) is 1. The Hall–Kier alpha value is -4.17. The number of amides is 2. The Morgan fingerprint density at radius 3 is 2.07 bits per heavy atom. The van der Waals surface area contributed by atoms with Crippen molar-refractivity contribution < 1.29 is 34.1 Å². The molecular formula is C26H42N10O7S2. The number of hydrogen-bond acceptors (Lipinski definition) is 11. The van der Waals surface area contributed by atoms with Crippen LogP contribution in [0.25, 0.3) is 0 Å². The minimum Gasteiger partial charge on any atom is -0.494 e. The molecular weight excluding hydrogens is 628 g/mol. The van der Waals surface area contributed by atoms with Crippen molar-refractivity contribution in [2.45, 2.75) is 19.8 Å². The van der Waals surface area contributed by atoms with Crippen LogP contribution in [0.15, 0.2) is 29.4 Å². The summed E-state index contributed by atoms with van der Waals surface area (Å²) in [4.78, 5) is 51.8. The lowest BCUT2D eigenvalue weighted by Crippen LogP contribution is -2.51. The summed E-state index contributed by atoms with van der Waals surface area (Å²) in [5.74, 6) is -2.96. The number of thiocarbonyl (C=S) groups is 2. The van der Waals surface area contributed by atoms with Gasteiger partial charge in [0.15, 0.2) is 5.11 Å². The number of carboxylic acids is 2. The molecule has 0 radical (unpaired) electrons. The number of carboxylic acid groups (broad SMARTS) is 2. The van der Waals surface area contributed by atoms with Crippen LogP contribution in [0.2, 0.25) is 0 Å². The molecule has 1 aromatic carbocycles. The average Bonchev–Trinajstić information content (AvgIpc) is 2.95. The van der Waals surface area contributed by atoms with Gasteiger partial charge in [0, 0.05) is 19.6 Å². The summed E-state index contributed by atoms with van der Waals surface area (Å²) in [6.45, 7) is 2.88. The maximum Gasteiger partial charge on any atom is 0.317 e. The molecule has 0 fully saturated rings. The van der Waals surface area contributed by atoms with E-state index in [4.69, 9.17) is 27.8 Å². The van der Waals surface area contributed by atoms with Gasteiger partial charge in [-0.3, -0.25) is 56.1 Å². The number of ether oxygens (including phenoxy) is 1. The molecule has 0 aliphatic carbocycles. The van der Waals surface area contributed by atoms with Crippen LogP contribution in [0.5, 0.6) is 5.75 Å². The lowest BCUT2D eigenvalue weighted by molar-refractivity contribution is -0.141. The second-order valence-electron chi connectivity index (χ2n) is 9.70. The highest BCUT2D eigenvalue weighted by Crippen LogP contribution is 2.12. The molecule has 0 bridgehead atoms. The van der Waals surface area contributed by atoms with Crippen molar-refractivity contribution in [3.8, 4) is 5.75 Å². The third-order valence-electron chi connectivity index (χ3n) is 5.62. The molecule has 19 heteroatoms. The van der Waals surface area contributed by atoms with Crippen LogP contribution in [0.3, 0.4) is 0 Å². The van der Waals surface area contributed by atoms with Crippen molar-refractivity contribution >= 4 is 64.6 Å². The molecule has 1 rings (SSSR count). The highest BCUT2D eigenvalue weighted by atomic mass is 32.1. The van der Waals surface area contributed by atoms with Crippen molar-refractivity contribution in [1.29, 1.82) is 0 Å². The average molecular weight is 671 g/mol. The topological polar surface area (TPSA) is 226 Å². The Balaban J connectivity index is 2.53. The van der Waals surface area contributed by atoms with Gasteiger partial charge in [0.1, 0.15) is 5.75 Å². The number of hydrogen-bond donors (Lipinski definition) is 8. The van der Waals surface area contributed by atoms with Crippen LogP contribution in [0.4, 0.5) is 0 Å². The number of hydrazine groups is 2. The fourth-order valence-electron chi connectivity index (χ4n) is 3.73. The summed E-state index contributed by atoms with van der Waals surface area (Å²) in [6, 6.07) is 7.35. The van der Waals surface area contributed by atoms with Gasteiger partial charge >= 0.3 is 11.9 Å². The number of carbonyl (C=O) groups is 4. The second-order valence-corrected chi connectivity index (χ2v) is 10.5. The van der Waals surface area contributed by atoms with Crippen molar-refractivity contribution in [3.63, 3.8) is 0 Å². The van der Waals surface area contributed by atoms with Gasteiger partial charge in [-0.1, -0.05) is 19.1 Å². The first kappa shape index (κ1) is 38.9. The molecule has 0 saturated heterocycles. The SMILES string of the molecule is CCCN(C)CCCOc1cccc(/C=N/NC(=S)NNC(=O)CN(CCN(CC(=O)O)CC(=O)NNC(N)=S)CC(=O)O)c1.